The molecular weight excluding hydrogens is 442 g/mol. The molecule has 4 aromatic rings. The molecule has 0 fully saturated rings. The molecule has 1 atom stereocenters. The van der Waals surface area contributed by atoms with E-state index >= 15 is 0 Å². The van der Waals surface area contributed by atoms with E-state index in [1.807, 2.05) is 30.1 Å². The van der Waals surface area contributed by atoms with Gasteiger partial charge >= 0.3 is 4.87 Å². The number of amides is 1. The maximum Gasteiger partial charge on any atom is 0.305 e. The Balaban J connectivity index is 1.44. The summed E-state index contributed by atoms with van der Waals surface area (Å²) in [4.78, 5) is 40.4. The van der Waals surface area contributed by atoms with Gasteiger partial charge in [0.1, 0.15) is 17.0 Å². The van der Waals surface area contributed by atoms with Gasteiger partial charge in [-0.2, -0.15) is 0 Å². The molecule has 3 aromatic heterocycles. The Morgan fingerprint density at radius 3 is 2.97 bits per heavy atom. The average Bonchev–Trinajstić information content (AvgIpc) is 3.31. The van der Waals surface area contributed by atoms with Crippen molar-refractivity contribution in [2.75, 3.05) is 18.9 Å². The van der Waals surface area contributed by atoms with Crippen LogP contribution in [0.15, 0.2) is 29.3 Å². The van der Waals surface area contributed by atoms with Crippen molar-refractivity contribution in [3.8, 4) is 0 Å². The lowest BCUT2D eigenvalue weighted by atomic mass is 9.87. The molecule has 0 spiro atoms. The molecule has 0 aliphatic heterocycles. The molecule has 0 saturated carbocycles. The molecule has 166 valence electrons. The Labute approximate surface area is 193 Å². The first-order valence-electron chi connectivity index (χ1n) is 10.8. The van der Waals surface area contributed by atoms with Crippen LogP contribution in [0.3, 0.4) is 0 Å². The number of nitrogens with zero attached hydrogens (tertiary/aromatic N) is 3. The minimum atomic E-state index is -0.0587. The summed E-state index contributed by atoms with van der Waals surface area (Å²) >= 11 is 2.87. The molecule has 32 heavy (non-hydrogen) atoms. The summed E-state index contributed by atoms with van der Waals surface area (Å²) in [6.07, 6.45) is 4.04. The summed E-state index contributed by atoms with van der Waals surface area (Å²) in [6, 6.07) is 5.81. The normalized spacial score (nSPS) is 15.9. The summed E-state index contributed by atoms with van der Waals surface area (Å²) in [5, 5.41) is 4.48. The first-order valence-corrected chi connectivity index (χ1v) is 12.4. The number of benzene rings is 1. The number of nitrogens with one attached hydrogen (secondary N) is 2. The van der Waals surface area contributed by atoms with Gasteiger partial charge in [0.2, 0.25) is 5.91 Å². The van der Waals surface area contributed by atoms with Crippen molar-refractivity contribution in [1.82, 2.24) is 19.9 Å². The standard InChI is InChI=1S/C23H25N5O2S2/c1-12(2)10-28(3)22(29)13-4-6-15-17(8-13)31-21-19(15)20(24-11-25-21)26-14-5-7-16-18(9-14)32-23(30)27-16/h5,7,9,11-13H,4,6,8,10H2,1-3H3,(H,27,30)(H,24,25,26). The van der Waals surface area contributed by atoms with Gasteiger partial charge in [-0.3, -0.25) is 9.59 Å². The highest BCUT2D eigenvalue weighted by Gasteiger charge is 2.30. The molecule has 1 unspecified atom stereocenters. The Morgan fingerprint density at radius 2 is 2.16 bits per heavy atom. The van der Waals surface area contributed by atoms with Gasteiger partial charge in [-0.05, 0) is 48.9 Å². The molecule has 0 radical (unpaired) electrons. The van der Waals surface area contributed by atoms with E-state index in [1.54, 1.807) is 17.7 Å². The van der Waals surface area contributed by atoms with E-state index in [0.717, 1.165) is 57.7 Å². The first-order chi connectivity index (χ1) is 15.4. The van der Waals surface area contributed by atoms with Crippen LogP contribution >= 0.6 is 22.7 Å². The number of thiophene rings is 1. The third-order valence-electron chi connectivity index (χ3n) is 5.89. The highest BCUT2D eigenvalue weighted by atomic mass is 32.1. The van der Waals surface area contributed by atoms with Crippen molar-refractivity contribution < 1.29 is 4.79 Å². The van der Waals surface area contributed by atoms with Crippen LogP contribution in [0.4, 0.5) is 11.5 Å². The van der Waals surface area contributed by atoms with Crippen LogP contribution in [0, 0.1) is 11.8 Å². The Bertz CT molecular complexity index is 1370. The van der Waals surface area contributed by atoms with E-state index in [9.17, 15) is 9.59 Å². The minimum Gasteiger partial charge on any atom is -0.345 e. The number of anilines is 2. The van der Waals surface area contributed by atoms with Crippen LogP contribution in [-0.4, -0.2) is 39.4 Å². The maximum atomic E-state index is 12.9. The third-order valence-corrected chi connectivity index (χ3v) is 7.90. The van der Waals surface area contributed by atoms with E-state index < -0.39 is 0 Å². The van der Waals surface area contributed by atoms with Crippen LogP contribution in [-0.2, 0) is 17.6 Å². The number of thiazole rings is 1. The summed E-state index contributed by atoms with van der Waals surface area (Å²) in [5.41, 5.74) is 2.98. The molecule has 2 N–H and O–H groups in total. The van der Waals surface area contributed by atoms with E-state index in [0.29, 0.717) is 5.92 Å². The Kier molecular flexibility index (Phi) is 5.46. The number of hydrogen-bond acceptors (Lipinski definition) is 7. The fourth-order valence-corrected chi connectivity index (χ4v) is 6.57. The second-order valence-corrected chi connectivity index (χ2v) is 10.9. The van der Waals surface area contributed by atoms with Crippen molar-refractivity contribution in [1.29, 1.82) is 0 Å². The van der Waals surface area contributed by atoms with E-state index in [2.05, 4.69) is 34.1 Å². The van der Waals surface area contributed by atoms with Gasteiger partial charge in [0.15, 0.2) is 0 Å². The molecule has 3 heterocycles. The van der Waals surface area contributed by atoms with Gasteiger partial charge in [-0.25, -0.2) is 9.97 Å². The summed E-state index contributed by atoms with van der Waals surface area (Å²) < 4.78 is 0.907. The number of rotatable bonds is 5. The quantitative estimate of drug-likeness (QED) is 0.449. The number of carbonyl (C=O) groups excluding carboxylic acids is 1. The maximum absolute atomic E-state index is 12.9. The van der Waals surface area contributed by atoms with Gasteiger partial charge in [0.25, 0.3) is 0 Å². The number of carbonyl (C=O) groups is 1. The van der Waals surface area contributed by atoms with Crippen LogP contribution in [0.5, 0.6) is 0 Å². The number of aryl methyl sites for hydroxylation is 1. The number of aromatic nitrogens is 3. The van der Waals surface area contributed by atoms with Gasteiger partial charge in [0.05, 0.1) is 15.6 Å². The lowest BCUT2D eigenvalue weighted by Crippen LogP contribution is -2.37. The van der Waals surface area contributed by atoms with Gasteiger partial charge in [0, 0.05) is 30.1 Å². The van der Waals surface area contributed by atoms with Crippen molar-refractivity contribution in [3.05, 3.63) is 44.6 Å². The van der Waals surface area contributed by atoms with Gasteiger partial charge in [-0.1, -0.05) is 25.2 Å². The predicted molar refractivity (Wildman–Crippen MR) is 131 cm³/mol. The molecular formula is C23H25N5O2S2. The monoisotopic (exact) mass is 467 g/mol. The number of hydrogen-bond donors (Lipinski definition) is 2. The topological polar surface area (TPSA) is 91.0 Å². The first kappa shape index (κ1) is 21.1. The Morgan fingerprint density at radius 1 is 1.31 bits per heavy atom. The highest BCUT2D eigenvalue weighted by molar-refractivity contribution is 7.19. The Hall–Kier alpha value is -2.78. The SMILES string of the molecule is CC(C)CN(C)C(=O)C1CCc2c(sc3ncnc(Nc4ccc5[nH]c(=O)sc5c4)c23)C1. The molecule has 0 saturated heterocycles. The fourth-order valence-electron chi connectivity index (χ4n) is 4.53. The lowest BCUT2D eigenvalue weighted by Gasteiger charge is -2.27. The van der Waals surface area contributed by atoms with Crippen molar-refractivity contribution in [3.63, 3.8) is 0 Å². The van der Waals surface area contributed by atoms with Crippen molar-refractivity contribution in [2.24, 2.45) is 11.8 Å². The van der Waals surface area contributed by atoms with Crippen LogP contribution in [0.1, 0.15) is 30.7 Å². The van der Waals surface area contributed by atoms with Crippen molar-refractivity contribution in [2.45, 2.75) is 33.1 Å². The third kappa shape index (κ3) is 3.91. The molecule has 0 bridgehead atoms. The average molecular weight is 468 g/mol. The largest absolute Gasteiger partial charge is 0.345 e. The van der Waals surface area contributed by atoms with Crippen molar-refractivity contribution >= 4 is 60.5 Å². The fraction of sp³-hybridized carbons (Fsp3) is 0.391. The van der Waals surface area contributed by atoms with Gasteiger partial charge < -0.3 is 15.2 Å². The van der Waals surface area contributed by atoms with E-state index in [4.69, 9.17) is 0 Å². The number of aromatic amines is 1. The number of H-pyrrole nitrogens is 1. The second-order valence-electron chi connectivity index (χ2n) is 8.81. The lowest BCUT2D eigenvalue weighted by molar-refractivity contribution is -0.135. The van der Waals surface area contributed by atoms with E-state index in [-0.39, 0.29) is 16.7 Å². The molecule has 5 rings (SSSR count). The molecule has 1 aliphatic rings. The van der Waals surface area contributed by atoms with Crippen LogP contribution < -0.4 is 10.2 Å². The molecule has 9 heteroatoms. The molecule has 1 aromatic carbocycles. The molecule has 1 aliphatic carbocycles. The minimum absolute atomic E-state index is 0.0300. The molecule has 1 amide bonds. The van der Waals surface area contributed by atoms with Crippen LogP contribution in [0.25, 0.3) is 20.4 Å². The summed E-state index contributed by atoms with van der Waals surface area (Å²) in [5.74, 6) is 1.51. The highest BCUT2D eigenvalue weighted by Crippen LogP contribution is 2.41. The smallest absolute Gasteiger partial charge is 0.305 e. The van der Waals surface area contributed by atoms with Crippen LogP contribution in [0.2, 0.25) is 0 Å². The zero-order valence-corrected chi connectivity index (χ0v) is 19.9. The molecule has 7 nitrogen and oxygen atoms in total. The second kappa shape index (κ2) is 8.29. The zero-order chi connectivity index (χ0) is 22.4. The summed E-state index contributed by atoms with van der Waals surface area (Å²) in [6.45, 7) is 5.06. The number of fused-ring (bicyclic) bond motifs is 4. The predicted octanol–water partition coefficient (Wildman–Crippen LogP) is 4.56. The zero-order valence-electron chi connectivity index (χ0n) is 18.3. The van der Waals surface area contributed by atoms with E-state index in [1.165, 1.54) is 21.8 Å². The summed E-state index contributed by atoms with van der Waals surface area (Å²) in [7, 11) is 1.91. The van der Waals surface area contributed by atoms with Gasteiger partial charge in [-0.15, -0.1) is 11.3 Å².